The average molecular weight is 317 g/mol. The van der Waals surface area contributed by atoms with Crippen LogP contribution in [0.25, 0.3) is 0 Å². The summed E-state index contributed by atoms with van der Waals surface area (Å²) in [5.74, 6) is 0.330. The lowest BCUT2D eigenvalue weighted by Gasteiger charge is -2.32. The Labute approximate surface area is 140 Å². The number of amides is 1. The van der Waals surface area contributed by atoms with Crippen LogP contribution < -0.4 is 10.8 Å². The van der Waals surface area contributed by atoms with Crippen LogP contribution >= 0.6 is 0 Å². The van der Waals surface area contributed by atoms with Gasteiger partial charge in [-0.1, -0.05) is 31.5 Å². The van der Waals surface area contributed by atoms with Gasteiger partial charge in [0.05, 0.1) is 11.2 Å². The summed E-state index contributed by atoms with van der Waals surface area (Å²) in [5, 5.41) is 2.98. The van der Waals surface area contributed by atoms with Crippen molar-refractivity contribution in [2.24, 2.45) is 5.92 Å². The summed E-state index contributed by atoms with van der Waals surface area (Å²) < 4.78 is 12.3. The molecule has 23 heavy (non-hydrogen) atoms. The molecule has 1 heterocycles. The van der Waals surface area contributed by atoms with E-state index in [2.05, 4.69) is 19.2 Å². The monoisotopic (exact) mass is 317 g/mol. The van der Waals surface area contributed by atoms with Crippen LogP contribution in [0.3, 0.4) is 0 Å². The second-order valence-corrected chi connectivity index (χ2v) is 7.73. The molecule has 0 aliphatic carbocycles. The van der Waals surface area contributed by atoms with Gasteiger partial charge in [-0.05, 0) is 52.1 Å². The predicted octanol–water partition coefficient (Wildman–Crippen LogP) is 2.68. The molecule has 1 aromatic carbocycles. The highest BCUT2D eigenvalue weighted by Gasteiger charge is 2.52. The number of nitrogens with one attached hydrogen (secondary N) is 1. The van der Waals surface area contributed by atoms with Gasteiger partial charge in [0.15, 0.2) is 0 Å². The lowest BCUT2D eigenvalue weighted by Crippen LogP contribution is -2.42. The van der Waals surface area contributed by atoms with E-state index in [4.69, 9.17) is 9.31 Å². The molecule has 0 atom stereocenters. The van der Waals surface area contributed by atoms with Crippen molar-refractivity contribution in [1.29, 1.82) is 0 Å². The van der Waals surface area contributed by atoms with Gasteiger partial charge in [-0.2, -0.15) is 0 Å². The molecule has 1 aromatic rings. The van der Waals surface area contributed by atoms with Crippen LogP contribution in [-0.4, -0.2) is 30.8 Å². The van der Waals surface area contributed by atoms with Crippen LogP contribution in [-0.2, 0) is 9.31 Å². The molecular weight excluding hydrogens is 289 g/mol. The number of rotatable bonds is 4. The molecule has 126 valence electrons. The number of benzene rings is 1. The summed E-state index contributed by atoms with van der Waals surface area (Å²) in [6, 6.07) is 5.72. The minimum absolute atomic E-state index is 0.0767. The topological polar surface area (TPSA) is 47.6 Å². The van der Waals surface area contributed by atoms with Gasteiger partial charge >= 0.3 is 7.12 Å². The number of carbonyl (C=O) groups is 1. The molecule has 1 aliphatic rings. The summed E-state index contributed by atoms with van der Waals surface area (Å²) in [5.41, 5.74) is 1.61. The SMILES string of the molecule is Cc1cccc(C(=O)NCC(C)C)c1B1OC(C)(C)C(C)(C)O1. The molecule has 0 bridgehead atoms. The van der Waals surface area contributed by atoms with Crippen molar-refractivity contribution in [2.75, 3.05) is 6.54 Å². The Hall–Kier alpha value is -1.33. The van der Waals surface area contributed by atoms with E-state index in [0.717, 1.165) is 11.0 Å². The van der Waals surface area contributed by atoms with Crippen LogP contribution in [0, 0.1) is 12.8 Å². The second-order valence-electron chi connectivity index (χ2n) is 7.73. The van der Waals surface area contributed by atoms with Gasteiger partial charge < -0.3 is 14.6 Å². The Morgan fingerprint density at radius 2 is 1.74 bits per heavy atom. The fourth-order valence-corrected chi connectivity index (χ4v) is 2.54. The molecule has 1 amide bonds. The predicted molar refractivity (Wildman–Crippen MR) is 94.1 cm³/mol. The van der Waals surface area contributed by atoms with Gasteiger partial charge in [0.25, 0.3) is 5.91 Å². The molecule has 1 saturated heterocycles. The molecule has 0 saturated carbocycles. The average Bonchev–Trinajstić information content (AvgIpc) is 2.64. The minimum Gasteiger partial charge on any atom is -0.399 e. The normalized spacial score (nSPS) is 19.2. The van der Waals surface area contributed by atoms with Crippen molar-refractivity contribution in [2.45, 2.75) is 59.7 Å². The minimum atomic E-state index is -0.527. The number of hydrogen-bond acceptors (Lipinski definition) is 3. The summed E-state index contributed by atoms with van der Waals surface area (Å²) in [6.07, 6.45) is 0. The molecule has 5 heteroatoms. The third-order valence-electron chi connectivity index (χ3n) is 4.73. The lowest BCUT2D eigenvalue weighted by molar-refractivity contribution is 0.00578. The van der Waals surface area contributed by atoms with Crippen molar-refractivity contribution >= 4 is 18.5 Å². The zero-order valence-electron chi connectivity index (χ0n) is 15.3. The van der Waals surface area contributed by atoms with E-state index in [9.17, 15) is 4.79 Å². The van der Waals surface area contributed by atoms with Crippen LogP contribution in [0.5, 0.6) is 0 Å². The fraction of sp³-hybridized carbons (Fsp3) is 0.611. The first-order valence-corrected chi connectivity index (χ1v) is 8.28. The fourth-order valence-electron chi connectivity index (χ4n) is 2.54. The Balaban J connectivity index is 2.34. The molecule has 4 nitrogen and oxygen atoms in total. The Bertz CT molecular complexity index is 580. The largest absolute Gasteiger partial charge is 0.495 e. The van der Waals surface area contributed by atoms with E-state index in [1.807, 2.05) is 52.8 Å². The molecule has 0 aromatic heterocycles. The molecule has 1 N–H and O–H groups in total. The van der Waals surface area contributed by atoms with E-state index >= 15 is 0 Å². The number of aryl methyl sites for hydroxylation is 1. The van der Waals surface area contributed by atoms with Gasteiger partial charge in [-0.15, -0.1) is 0 Å². The Morgan fingerprint density at radius 3 is 2.26 bits per heavy atom. The highest BCUT2D eigenvalue weighted by atomic mass is 16.7. The molecule has 1 fully saturated rings. The van der Waals surface area contributed by atoms with E-state index in [1.54, 1.807) is 0 Å². The number of hydrogen-bond donors (Lipinski definition) is 1. The van der Waals surface area contributed by atoms with Crippen molar-refractivity contribution in [3.05, 3.63) is 29.3 Å². The standard InChI is InChI=1S/C18H28BNO3/c1-12(2)11-20-16(21)14-10-8-9-13(3)15(14)19-22-17(4,5)18(6,7)23-19/h8-10,12H,11H2,1-7H3,(H,20,21). The van der Waals surface area contributed by atoms with Gasteiger partial charge in [-0.3, -0.25) is 4.79 Å². The maximum absolute atomic E-state index is 12.6. The van der Waals surface area contributed by atoms with Crippen LogP contribution in [0.1, 0.15) is 57.5 Å². The smallest absolute Gasteiger partial charge is 0.399 e. The molecule has 1 aliphatic heterocycles. The molecule has 0 spiro atoms. The summed E-state index contributed by atoms with van der Waals surface area (Å²) in [6.45, 7) is 14.9. The zero-order valence-corrected chi connectivity index (χ0v) is 15.3. The van der Waals surface area contributed by atoms with Crippen LogP contribution in [0.15, 0.2) is 18.2 Å². The Kier molecular flexibility index (Phi) is 4.93. The summed E-state index contributed by atoms with van der Waals surface area (Å²) >= 11 is 0. The lowest BCUT2D eigenvalue weighted by atomic mass is 9.73. The van der Waals surface area contributed by atoms with Crippen molar-refractivity contribution in [3.63, 3.8) is 0 Å². The first kappa shape index (κ1) is 18.0. The van der Waals surface area contributed by atoms with Gasteiger partial charge in [0.2, 0.25) is 0 Å². The highest BCUT2D eigenvalue weighted by molar-refractivity contribution is 6.64. The van der Waals surface area contributed by atoms with Crippen molar-refractivity contribution in [1.82, 2.24) is 5.32 Å². The second kappa shape index (κ2) is 6.29. The van der Waals surface area contributed by atoms with Crippen molar-refractivity contribution in [3.8, 4) is 0 Å². The third-order valence-corrected chi connectivity index (χ3v) is 4.73. The van der Waals surface area contributed by atoms with Gasteiger partial charge in [0.1, 0.15) is 0 Å². The third kappa shape index (κ3) is 3.61. The van der Waals surface area contributed by atoms with Crippen LogP contribution in [0.2, 0.25) is 0 Å². The molecular formula is C18H28BNO3. The quantitative estimate of drug-likeness (QED) is 0.869. The van der Waals surface area contributed by atoms with E-state index in [0.29, 0.717) is 18.0 Å². The molecule has 2 rings (SSSR count). The first-order valence-electron chi connectivity index (χ1n) is 8.28. The first-order chi connectivity index (χ1) is 10.5. The van der Waals surface area contributed by atoms with Crippen LogP contribution in [0.4, 0.5) is 0 Å². The molecule has 0 unspecified atom stereocenters. The van der Waals surface area contributed by atoms with E-state index in [1.165, 1.54) is 0 Å². The maximum atomic E-state index is 12.6. The van der Waals surface area contributed by atoms with Gasteiger partial charge in [0, 0.05) is 12.1 Å². The Morgan fingerprint density at radius 1 is 1.17 bits per heavy atom. The van der Waals surface area contributed by atoms with E-state index in [-0.39, 0.29) is 5.91 Å². The number of carbonyl (C=O) groups excluding carboxylic acids is 1. The van der Waals surface area contributed by atoms with Crippen molar-refractivity contribution < 1.29 is 14.1 Å². The maximum Gasteiger partial charge on any atom is 0.495 e. The molecule has 0 radical (unpaired) electrons. The zero-order chi connectivity index (χ0) is 17.4. The summed E-state index contributed by atoms with van der Waals surface area (Å²) in [7, 11) is -0.527. The highest BCUT2D eigenvalue weighted by Crippen LogP contribution is 2.36. The van der Waals surface area contributed by atoms with E-state index < -0.39 is 18.3 Å². The summed E-state index contributed by atoms with van der Waals surface area (Å²) in [4.78, 5) is 12.6. The van der Waals surface area contributed by atoms with Gasteiger partial charge in [-0.25, -0.2) is 0 Å².